The molecule has 0 unspecified atom stereocenters. The van der Waals surface area contributed by atoms with Gasteiger partial charge in [0.05, 0.1) is 17.1 Å². The number of rotatable bonds is 7. The van der Waals surface area contributed by atoms with Gasteiger partial charge in [0.15, 0.2) is 0 Å². The zero-order valence-electron chi connectivity index (χ0n) is 10.7. The maximum absolute atomic E-state index is 12.0. The van der Waals surface area contributed by atoms with Gasteiger partial charge in [-0.15, -0.1) is 0 Å². The zero-order chi connectivity index (χ0) is 14.8. The van der Waals surface area contributed by atoms with Crippen molar-refractivity contribution in [2.45, 2.75) is 23.8 Å². The number of carboxylic acids is 1. The van der Waals surface area contributed by atoms with Crippen molar-refractivity contribution in [3.8, 4) is 0 Å². The monoisotopic (exact) mass is 300 g/mol. The first-order valence-corrected chi connectivity index (χ1v) is 7.67. The van der Waals surface area contributed by atoms with E-state index in [0.717, 1.165) is 18.9 Å². The second kappa shape index (κ2) is 5.78. The van der Waals surface area contributed by atoms with E-state index in [9.17, 15) is 13.2 Å². The first-order valence-electron chi connectivity index (χ1n) is 6.18. The van der Waals surface area contributed by atoms with Crippen LogP contribution in [-0.2, 0) is 10.0 Å². The molecule has 0 saturated heterocycles. The summed E-state index contributed by atoms with van der Waals surface area (Å²) >= 11 is 0. The van der Waals surface area contributed by atoms with Crippen LogP contribution in [0.4, 0.5) is 5.69 Å². The zero-order valence-corrected chi connectivity index (χ0v) is 11.5. The molecular formula is C12H16N2O5S. The van der Waals surface area contributed by atoms with Crippen molar-refractivity contribution in [3.63, 3.8) is 0 Å². The molecule has 1 aliphatic carbocycles. The molecule has 0 bridgehead atoms. The van der Waals surface area contributed by atoms with E-state index in [4.69, 9.17) is 10.2 Å². The molecule has 1 aromatic rings. The number of hydrogen-bond donors (Lipinski definition) is 4. The van der Waals surface area contributed by atoms with Crippen LogP contribution >= 0.6 is 0 Å². The topological polar surface area (TPSA) is 116 Å². The normalized spacial score (nSPS) is 15.1. The molecule has 2 rings (SSSR count). The molecule has 1 saturated carbocycles. The van der Waals surface area contributed by atoms with Crippen molar-refractivity contribution in [1.82, 2.24) is 4.72 Å². The van der Waals surface area contributed by atoms with Crippen LogP contribution in [-0.4, -0.2) is 43.8 Å². The molecular weight excluding hydrogens is 284 g/mol. The summed E-state index contributed by atoms with van der Waals surface area (Å²) in [4.78, 5) is 11.1. The smallest absolute Gasteiger partial charge is 0.337 e. The maximum atomic E-state index is 12.0. The van der Waals surface area contributed by atoms with Gasteiger partial charge in [-0.3, -0.25) is 0 Å². The molecule has 0 spiro atoms. The summed E-state index contributed by atoms with van der Waals surface area (Å²) in [5, 5.41) is 20.6. The SMILES string of the molecule is O=C(O)c1cc(S(=O)(=O)NC2CC2)ccc1NCCO. The Kier molecular flexibility index (Phi) is 4.26. The van der Waals surface area contributed by atoms with Gasteiger partial charge in [0.1, 0.15) is 0 Å². The number of anilines is 1. The standard InChI is InChI=1S/C12H16N2O5S/c15-6-5-13-11-4-3-9(7-10(11)12(16)17)20(18,19)14-8-1-2-8/h3-4,7-8,13-15H,1-2,5-6H2,(H,16,17). The minimum atomic E-state index is -3.68. The van der Waals surface area contributed by atoms with Gasteiger partial charge in [-0.05, 0) is 31.0 Å². The fraction of sp³-hybridized carbons (Fsp3) is 0.417. The molecule has 0 radical (unpaired) electrons. The predicted octanol–water partition coefficient (Wildman–Crippen LogP) is 0.230. The van der Waals surface area contributed by atoms with Crippen molar-refractivity contribution in [2.24, 2.45) is 0 Å². The second-order valence-electron chi connectivity index (χ2n) is 4.56. The number of sulfonamides is 1. The Morgan fingerprint density at radius 2 is 2.05 bits per heavy atom. The molecule has 4 N–H and O–H groups in total. The molecule has 20 heavy (non-hydrogen) atoms. The van der Waals surface area contributed by atoms with Gasteiger partial charge in [0.2, 0.25) is 10.0 Å². The van der Waals surface area contributed by atoms with Crippen molar-refractivity contribution < 1.29 is 23.4 Å². The van der Waals surface area contributed by atoms with Crippen molar-refractivity contribution in [3.05, 3.63) is 23.8 Å². The molecule has 0 aliphatic heterocycles. The number of aliphatic hydroxyl groups is 1. The van der Waals surface area contributed by atoms with Crippen LogP contribution in [0, 0.1) is 0 Å². The Hall–Kier alpha value is -1.64. The largest absolute Gasteiger partial charge is 0.478 e. The van der Waals surface area contributed by atoms with E-state index in [1.807, 2.05) is 0 Å². The van der Waals surface area contributed by atoms with Crippen LogP contribution in [0.15, 0.2) is 23.1 Å². The van der Waals surface area contributed by atoms with Crippen molar-refractivity contribution >= 4 is 21.7 Å². The van der Waals surface area contributed by atoms with E-state index in [1.54, 1.807) is 0 Å². The third-order valence-electron chi connectivity index (χ3n) is 2.86. The summed E-state index contributed by atoms with van der Waals surface area (Å²) in [6.45, 7) is 0.0368. The van der Waals surface area contributed by atoms with E-state index < -0.39 is 16.0 Å². The summed E-state index contributed by atoms with van der Waals surface area (Å²) < 4.78 is 26.5. The van der Waals surface area contributed by atoms with E-state index in [1.165, 1.54) is 12.1 Å². The Morgan fingerprint density at radius 1 is 1.35 bits per heavy atom. The molecule has 1 aromatic carbocycles. The number of benzene rings is 1. The summed E-state index contributed by atoms with van der Waals surface area (Å²) in [6.07, 6.45) is 1.61. The van der Waals surface area contributed by atoms with E-state index in [0.29, 0.717) is 0 Å². The van der Waals surface area contributed by atoms with Crippen molar-refractivity contribution in [2.75, 3.05) is 18.5 Å². The fourth-order valence-corrected chi connectivity index (χ4v) is 3.03. The highest BCUT2D eigenvalue weighted by Gasteiger charge is 2.28. The summed E-state index contributed by atoms with van der Waals surface area (Å²) in [7, 11) is -3.68. The Morgan fingerprint density at radius 3 is 2.60 bits per heavy atom. The van der Waals surface area contributed by atoms with Gasteiger partial charge in [-0.2, -0.15) is 0 Å². The molecule has 0 amide bonds. The lowest BCUT2D eigenvalue weighted by molar-refractivity contribution is 0.0697. The average Bonchev–Trinajstić information content (AvgIpc) is 3.19. The minimum Gasteiger partial charge on any atom is -0.478 e. The first-order chi connectivity index (χ1) is 9.44. The van der Waals surface area contributed by atoms with Gasteiger partial charge in [-0.25, -0.2) is 17.9 Å². The number of aromatic carboxylic acids is 1. The van der Waals surface area contributed by atoms with Gasteiger partial charge in [0.25, 0.3) is 0 Å². The highest BCUT2D eigenvalue weighted by molar-refractivity contribution is 7.89. The second-order valence-corrected chi connectivity index (χ2v) is 6.27. The molecule has 8 heteroatoms. The van der Waals surface area contributed by atoms with Crippen LogP contribution in [0.5, 0.6) is 0 Å². The first kappa shape index (κ1) is 14.8. The molecule has 7 nitrogen and oxygen atoms in total. The Labute approximate surface area is 116 Å². The van der Waals surface area contributed by atoms with E-state index >= 15 is 0 Å². The van der Waals surface area contributed by atoms with Gasteiger partial charge in [-0.1, -0.05) is 0 Å². The van der Waals surface area contributed by atoms with Gasteiger partial charge < -0.3 is 15.5 Å². The van der Waals surface area contributed by atoms with Crippen LogP contribution in [0.1, 0.15) is 23.2 Å². The van der Waals surface area contributed by atoms with Crippen LogP contribution < -0.4 is 10.0 Å². The minimum absolute atomic E-state index is 0.0412. The van der Waals surface area contributed by atoms with Crippen LogP contribution in [0.3, 0.4) is 0 Å². The quantitative estimate of drug-likeness (QED) is 0.573. The van der Waals surface area contributed by atoms with E-state index in [-0.39, 0.29) is 35.3 Å². The van der Waals surface area contributed by atoms with Crippen LogP contribution in [0.25, 0.3) is 0 Å². The molecule has 0 heterocycles. The summed E-state index contributed by atoms with van der Waals surface area (Å²) in [5.41, 5.74) is 0.133. The molecule has 0 aromatic heterocycles. The Balaban J connectivity index is 2.31. The van der Waals surface area contributed by atoms with Crippen molar-refractivity contribution in [1.29, 1.82) is 0 Å². The molecule has 1 aliphatic rings. The maximum Gasteiger partial charge on any atom is 0.337 e. The van der Waals surface area contributed by atoms with Gasteiger partial charge >= 0.3 is 5.97 Å². The number of carboxylic acid groups (broad SMARTS) is 1. The number of aliphatic hydroxyl groups excluding tert-OH is 1. The third kappa shape index (κ3) is 3.47. The lowest BCUT2D eigenvalue weighted by atomic mass is 10.2. The summed E-state index contributed by atoms with van der Waals surface area (Å²) in [6, 6.07) is 3.81. The highest BCUT2D eigenvalue weighted by atomic mass is 32.2. The summed E-state index contributed by atoms with van der Waals surface area (Å²) in [5.74, 6) is -1.23. The number of nitrogens with one attached hydrogen (secondary N) is 2. The molecule has 110 valence electrons. The lowest BCUT2D eigenvalue weighted by Crippen LogP contribution is -2.26. The Bertz CT molecular complexity index is 610. The average molecular weight is 300 g/mol. The van der Waals surface area contributed by atoms with Crippen LogP contribution in [0.2, 0.25) is 0 Å². The molecule has 0 atom stereocenters. The molecule has 1 fully saturated rings. The van der Waals surface area contributed by atoms with Gasteiger partial charge in [0, 0.05) is 18.3 Å². The third-order valence-corrected chi connectivity index (χ3v) is 4.38. The van der Waals surface area contributed by atoms with E-state index in [2.05, 4.69) is 10.0 Å². The number of carbonyl (C=O) groups is 1. The number of hydrogen-bond acceptors (Lipinski definition) is 5. The predicted molar refractivity (Wildman–Crippen MR) is 72.3 cm³/mol. The fourth-order valence-electron chi connectivity index (χ4n) is 1.70. The highest BCUT2D eigenvalue weighted by Crippen LogP contribution is 2.24. The lowest BCUT2D eigenvalue weighted by Gasteiger charge is -2.11.